The van der Waals surface area contributed by atoms with Gasteiger partial charge in [-0.2, -0.15) is 12.7 Å². The van der Waals surface area contributed by atoms with Gasteiger partial charge in [0.05, 0.1) is 6.04 Å². The van der Waals surface area contributed by atoms with E-state index in [-0.39, 0.29) is 0 Å². The lowest BCUT2D eigenvalue weighted by Gasteiger charge is -2.23. The van der Waals surface area contributed by atoms with Crippen LogP contribution >= 0.6 is 0 Å². The third-order valence-electron chi connectivity index (χ3n) is 2.32. The smallest absolute Gasteiger partial charge is 0.422 e. The molecule has 0 aromatic rings. The molecule has 18 heavy (non-hydrogen) atoms. The molecule has 1 rings (SSSR count). The number of hydrogen-bond acceptors (Lipinski definition) is 4. The number of carbonyl (C=O) groups excluding carboxylic acids is 1. The molecule has 0 saturated carbocycles. The average Bonchev–Trinajstić information content (AvgIpc) is 2.61. The standard InChI is InChI=1S/C11H18N2O4S/c1-5-9-7-6-8-13(9)18(15,16)12-10(14)17-11(2,3)4/h1,9H,6-8H2,2-4H3,(H,12,14)/t9-/m1/s1. The maximum atomic E-state index is 11.9. The summed E-state index contributed by atoms with van der Waals surface area (Å²) in [7, 11) is -3.93. The van der Waals surface area contributed by atoms with Gasteiger partial charge in [-0.3, -0.25) is 0 Å². The molecule has 0 unspecified atom stereocenters. The molecule has 0 aromatic heterocycles. The Morgan fingerprint density at radius 3 is 2.61 bits per heavy atom. The molecule has 1 amide bonds. The molecule has 1 aliphatic rings. The zero-order valence-electron chi connectivity index (χ0n) is 10.8. The van der Waals surface area contributed by atoms with Crippen LogP contribution in [-0.4, -0.2) is 37.0 Å². The fourth-order valence-electron chi connectivity index (χ4n) is 1.66. The SMILES string of the molecule is C#C[C@@H]1CCCN1S(=O)(=O)NC(=O)OC(C)(C)C. The number of ether oxygens (including phenoxy) is 1. The van der Waals surface area contributed by atoms with Gasteiger partial charge in [0.2, 0.25) is 0 Å². The molecule has 0 bridgehead atoms. The topological polar surface area (TPSA) is 75.7 Å². The fraction of sp³-hybridized carbons (Fsp3) is 0.727. The summed E-state index contributed by atoms with van der Waals surface area (Å²) in [6, 6.07) is -0.495. The van der Waals surface area contributed by atoms with Gasteiger partial charge >= 0.3 is 16.3 Å². The Balaban J connectivity index is 2.71. The number of terminal acetylenes is 1. The molecule has 6 nitrogen and oxygen atoms in total. The minimum atomic E-state index is -3.93. The average molecular weight is 274 g/mol. The molecular weight excluding hydrogens is 256 g/mol. The number of nitrogens with one attached hydrogen (secondary N) is 1. The summed E-state index contributed by atoms with van der Waals surface area (Å²) >= 11 is 0. The Bertz CT molecular complexity index is 458. The molecular formula is C11H18N2O4S. The Hall–Kier alpha value is -1.26. The second kappa shape index (κ2) is 5.16. The van der Waals surface area contributed by atoms with E-state index in [1.54, 1.807) is 20.8 Å². The number of nitrogens with zero attached hydrogens (tertiary/aromatic N) is 1. The van der Waals surface area contributed by atoms with Crippen LogP contribution in [0.25, 0.3) is 0 Å². The van der Waals surface area contributed by atoms with Gasteiger partial charge in [-0.15, -0.1) is 6.42 Å². The number of carbonyl (C=O) groups is 1. The maximum Gasteiger partial charge on any atom is 0.422 e. The minimum absolute atomic E-state index is 0.312. The molecule has 1 atom stereocenters. The van der Waals surface area contributed by atoms with Crippen molar-refractivity contribution in [3.8, 4) is 12.3 Å². The first kappa shape index (κ1) is 14.8. The zero-order valence-corrected chi connectivity index (χ0v) is 11.6. The van der Waals surface area contributed by atoms with Gasteiger partial charge < -0.3 is 4.74 Å². The van der Waals surface area contributed by atoms with Crippen LogP contribution in [0.3, 0.4) is 0 Å². The van der Waals surface area contributed by atoms with E-state index in [4.69, 9.17) is 11.2 Å². The van der Waals surface area contributed by atoms with E-state index < -0.39 is 27.9 Å². The quantitative estimate of drug-likeness (QED) is 0.758. The van der Waals surface area contributed by atoms with Crippen LogP contribution in [0.5, 0.6) is 0 Å². The highest BCUT2D eigenvalue weighted by Gasteiger charge is 2.35. The summed E-state index contributed by atoms with van der Waals surface area (Å²) < 4.78 is 31.7. The van der Waals surface area contributed by atoms with Crippen molar-refractivity contribution in [2.45, 2.75) is 45.3 Å². The molecule has 1 aliphatic heterocycles. The summed E-state index contributed by atoms with van der Waals surface area (Å²) in [6.45, 7) is 5.27. The second-order valence-electron chi connectivity index (χ2n) is 5.04. The molecule has 1 fully saturated rings. The third kappa shape index (κ3) is 3.89. The van der Waals surface area contributed by atoms with Crippen molar-refractivity contribution in [1.82, 2.24) is 9.03 Å². The molecule has 102 valence electrons. The molecule has 1 N–H and O–H groups in total. The van der Waals surface area contributed by atoms with Crippen molar-refractivity contribution in [2.24, 2.45) is 0 Å². The summed E-state index contributed by atoms with van der Waals surface area (Å²) in [6.07, 6.45) is 5.55. The van der Waals surface area contributed by atoms with Crippen LogP contribution in [0.4, 0.5) is 4.79 Å². The van der Waals surface area contributed by atoms with Gasteiger partial charge in [-0.25, -0.2) is 9.52 Å². The Morgan fingerprint density at radius 2 is 2.11 bits per heavy atom. The van der Waals surface area contributed by atoms with Gasteiger partial charge in [-0.05, 0) is 33.6 Å². The van der Waals surface area contributed by atoms with Crippen molar-refractivity contribution in [2.75, 3.05) is 6.54 Å². The molecule has 0 spiro atoms. The lowest BCUT2D eigenvalue weighted by Crippen LogP contribution is -2.46. The van der Waals surface area contributed by atoms with E-state index in [2.05, 4.69) is 5.92 Å². The first-order valence-electron chi connectivity index (χ1n) is 5.64. The normalized spacial score (nSPS) is 21.3. The molecule has 0 aliphatic carbocycles. The number of amides is 1. The number of hydrogen-bond donors (Lipinski definition) is 1. The van der Waals surface area contributed by atoms with Crippen molar-refractivity contribution in [3.63, 3.8) is 0 Å². The van der Waals surface area contributed by atoms with Gasteiger partial charge in [0.15, 0.2) is 0 Å². The monoisotopic (exact) mass is 274 g/mol. The van der Waals surface area contributed by atoms with Gasteiger partial charge in [0.25, 0.3) is 0 Å². The first-order chi connectivity index (χ1) is 8.15. The van der Waals surface area contributed by atoms with Crippen LogP contribution in [0.15, 0.2) is 0 Å². The van der Waals surface area contributed by atoms with E-state index in [1.165, 1.54) is 0 Å². The highest BCUT2D eigenvalue weighted by molar-refractivity contribution is 7.87. The van der Waals surface area contributed by atoms with Crippen LogP contribution in [0.2, 0.25) is 0 Å². The second-order valence-corrected chi connectivity index (χ2v) is 6.67. The van der Waals surface area contributed by atoms with Crippen molar-refractivity contribution in [3.05, 3.63) is 0 Å². The lowest BCUT2D eigenvalue weighted by atomic mass is 10.2. The third-order valence-corrected chi connectivity index (χ3v) is 3.80. The van der Waals surface area contributed by atoms with Crippen LogP contribution in [-0.2, 0) is 14.9 Å². The van der Waals surface area contributed by atoms with Crippen molar-refractivity contribution < 1.29 is 17.9 Å². The van der Waals surface area contributed by atoms with Crippen LogP contribution < -0.4 is 4.72 Å². The summed E-state index contributed by atoms with van der Waals surface area (Å²) in [4.78, 5) is 11.4. The van der Waals surface area contributed by atoms with E-state index >= 15 is 0 Å². The van der Waals surface area contributed by atoms with E-state index in [0.29, 0.717) is 19.4 Å². The Labute approximate surface area is 108 Å². The van der Waals surface area contributed by atoms with E-state index in [9.17, 15) is 13.2 Å². The molecule has 1 saturated heterocycles. The minimum Gasteiger partial charge on any atom is -0.443 e. The van der Waals surface area contributed by atoms with Crippen molar-refractivity contribution >= 4 is 16.3 Å². The summed E-state index contributed by atoms with van der Waals surface area (Å²) in [5.74, 6) is 2.40. The number of rotatable bonds is 2. The lowest BCUT2D eigenvalue weighted by molar-refractivity contribution is 0.0567. The van der Waals surface area contributed by atoms with Gasteiger partial charge in [0, 0.05) is 6.54 Å². The zero-order chi connectivity index (χ0) is 14.0. The predicted octanol–water partition coefficient (Wildman–Crippen LogP) is 0.853. The highest BCUT2D eigenvalue weighted by atomic mass is 32.2. The Morgan fingerprint density at radius 1 is 1.50 bits per heavy atom. The van der Waals surface area contributed by atoms with Crippen LogP contribution in [0, 0.1) is 12.3 Å². The van der Waals surface area contributed by atoms with E-state index in [1.807, 2.05) is 4.72 Å². The largest absolute Gasteiger partial charge is 0.443 e. The first-order valence-corrected chi connectivity index (χ1v) is 7.08. The highest BCUT2D eigenvalue weighted by Crippen LogP contribution is 2.19. The molecule has 0 aromatic carbocycles. The summed E-state index contributed by atoms with van der Waals surface area (Å²) in [5, 5.41) is 0. The summed E-state index contributed by atoms with van der Waals surface area (Å²) in [5.41, 5.74) is -0.754. The maximum absolute atomic E-state index is 11.9. The Kier molecular flexibility index (Phi) is 4.24. The predicted molar refractivity (Wildman–Crippen MR) is 66.9 cm³/mol. The van der Waals surface area contributed by atoms with E-state index in [0.717, 1.165) is 4.31 Å². The molecule has 7 heteroatoms. The molecule has 1 heterocycles. The van der Waals surface area contributed by atoms with Gasteiger partial charge in [-0.1, -0.05) is 5.92 Å². The van der Waals surface area contributed by atoms with Crippen LogP contribution in [0.1, 0.15) is 33.6 Å². The molecule has 0 radical (unpaired) electrons. The fourth-order valence-corrected chi connectivity index (χ4v) is 2.90. The van der Waals surface area contributed by atoms with Crippen molar-refractivity contribution in [1.29, 1.82) is 0 Å². The van der Waals surface area contributed by atoms with Gasteiger partial charge in [0.1, 0.15) is 5.60 Å².